The van der Waals surface area contributed by atoms with Gasteiger partial charge in [0.05, 0.1) is 0 Å². The third-order valence-electron chi connectivity index (χ3n) is 2.89. The SMILES string of the molecule is Cc1ccc(Cc2ccc(Cl)cc2Cl)c(C)c1. The Morgan fingerprint density at radius 1 is 0.882 bits per heavy atom. The zero-order valence-electron chi connectivity index (χ0n) is 9.93. The monoisotopic (exact) mass is 264 g/mol. The Hall–Kier alpha value is -0.980. The van der Waals surface area contributed by atoms with Crippen LogP contribution in [0.4, 0.5) is 0 Å². The molecule has 0 aliphatic rings. The van der Waals surface area contributed by atoms with E-state index in [1.165, 1.54) is 16.7 Å². The molecule has 0 amide bonds. The van der Waals surface area contributed by atoms with Crippen LogP contribution in [0, 0.1) is 13.8 Å². The van der Waals surface area contributed by atoms with Crippen molar-refractivity contribution in [1.82, 2.24) is 0 Å². The van der Waals surface area contributed by atoms with Gasteiger partial charge in [0.25, 0.3) is 0 Å². The number of benzene rings is 2. The molecule has 0 radical (unpaired) electrons. The van der Waals surface area contributed by atoms with Gasteiger partial charge in [0.2, 0.25) is 0 Å². The topological polar surface area (TPSA) is 0 Å². The maximum atomic E-state index is 6.18. The van der Waals surface area contributed by atoms with Crippen molar-refractivity contribution in [3.05, 3.63) is 68.7 Å². The maximum absolute atomic E-state index is 6.18. The summed E-state index contributed by atoms with van der Waals surface area (Å²) in [5.74, 6) is 0. The molecule has 0 saturated heterocycles. The molecule has 17 heavy (non-hydrogen) atoms. The van der Waals surface area contributed by atoms with Crippen LogP contribution in [0.3, 0.4) is 0 Å². The van der Waals surface area contributed by atoms with E-state index in [4.69, 9.17) is 23.2 Å². The van der Waals surface area contributed by atoms with Gasteiger partial charge in [-0.3, -0.25) is 0 Å². The Morgan fingerprint density at radius 3 is 2.24 bits per heavy atom. The van der Waals surface area contributed by atoms with E-state index in [0.29, 0.717) is 5.02 Å². The second-order valence-electron chi connectivity index (χ2n) is 4.34. The van der Waals surface area contributed by atoms with Crippen LogP contribution in [0.25, 0.3) is 0 Å². The molecule has 0 aromatic heterocycles. The number of rotatable bonds is 2. The highest BCUT2D eigenvalue weighted by atomic mass is 35.5. The molecular formula is C15H14Cl2. The summed E-state index contributed by atoms with van der Waals surface area (Å²) in [5, 5.41) is 1.41. The first-order valence-electron chi connectivity index (χ1n) is 5.56. The minimum absolute atomic E-state index is 0.680. The summed E-state index contributed by atoms with van der Waals surface area (Å²) in [7, 11) is 0. The molecule has 0 nitrogen and oxygen atoms in total. The summed E-state index contributed by atoms with van der Waals surface area (Å²) in [6.07, 6.45) is 0.849. The summed E-state index contributed by atoms with van der Waals surface area (Å²) in [4.78, 5) is 0. The van der Waals surface area contributed by atoms with E-state index in [-0.39, 0.29) is 0 Å². The molecule has 0 atom stereocenters. The third kappa shape index (κ3) is 3.02. The zero-order valence-corrected chi connectivity index (χ0v) is 11.4. The third-order valence-corrected chi connectivity index (χ3v) is 3.48. The van der Waals surface area contributed by atoms with Crippen molar-refractivity contribution in [1.29, 1.82) is 0 Å². The summed E-state index contributed by atoms with van der Waals surface area (Å²) < 4.78 is 0. The molecule has 0 spiro atoms. The van der Waals surface area contributed by atoms with Crippen molar-refractivity contribution in [3.63, 3.8) is 0 Å². The first-order valence-corrected chi connectivity index (χ1v) is 6.32. The molecule has 0 unspecified atom stereocenters. The van der Waals surface area contributed by atoms with E-state index in [9.17, 15) is 0 Å². The van der Waals surface area contributed by atoms with Gasteiger partial charge in [-0.2, -0.15) is 0 Å². The number of aryl methyl sites for hydroxylation is 2. The second kappa shape index (κ2) is 5.12. The maximum Gasteiger partial charge on any atom is 0.0456 e. The first kappa shape index (κ1) is 12.5. The van der Waals surface area contributed by atoms with Gasteiger partial charge in [-0.1, -0.05) is 53.0 Å². The van der Waals surface area contributed by atoms with Crippen LogP contribution in [0.5, 0.6) is 0 Å². The standard InChI is InChI=1S/C15H14Cl2/c1-10-3-4-12(11(2)7-10)8-13-5-6-14(16)9-15(13)17/h3-7,9H,8H2,1-2H3. The van der Waals surface area contributed by atoms with Gasteiger partial charge in [-0.15, -0.1) is 0 Å². The fraction of sp³-hybridized carbons (Fsp3) is 0.200. The highest BCUT2D eigenvalue weighted by molar-refractivity contribution is 6.35. The molecule has 2 rings (SSSR count). The Bertz CT molecular complexity index is 495. The van der Waals surface area contributed by atoms with Crippen molar-refractivity contribution in [2.45, 2.75) is 20.3 Å². The van der Waals surface area contributed by atoms with Gasteiger partial charge in [0.15, 0.2) is 0 Å². The Balaban J connectivity index is 2.31. The van der Waals surface area contributed by atoms with Crippen LogP contribution in [0.1, 0.15) is 22.3 Å². The predicted octanol–water partition coefficient (Wildman–Crippen LogP) is 5.20. The average molecular weight is 265 g/mol. The molecule has 0 N–H and O–H groups in total. The molecule has 2 aromatic rings. The largest absolute Gasteiger partial charge is 0.0843 e. The van der Waals surface area contributed by atoms with Crippen LogP contribution >= 0.6 is 23.2 Å². The molecule has 88 valence electrons. The number of hydrogen-bond acceptors (Lipinski definition) is 0. The second-order valence-corrected chi connectivity index (χ2v) is 5.19. The van der Waals surface area contributed by atoms with Crippen molar-refractivity contribution in [2.75, 3.05) is 0 Å². The van der Waals surface area contributed by atoms with Crippen LogP contribution in [-0.4, -0.2) is 0 Å². The van der Waals surface area contributed by atoms with Crippen LogP contribution < -0.4 is 0 Å². The van der Waals surface area contributed by atoms with E-state index in [1.54, 1.807) is 6.07 Å². The van der Waals surface area contributed by atoms with Crippen molar-refractivity contribution >= 4 is 23.2 Å². The fourth-order valence-electron chi connectivity index (χ4n) is 1.91. The number of hydrogen-bond donors (Lipinski definition) is 0. The lowest BCUT2D eigenvalue weighted by Crippen LogP contribution is -1.93. The molecule has 0 aliphatic carbocycles. The fourth-order valence-corrected chi connectivity index (χ4v) is 2.39. The van der Waals surface area contributed by atoms with Gasteiger partial charge in [0.1, 0.15) is 0 Å². The van der Waals surface area contributed by atoms with Crippen molar-refractivity contribution < 1.29 is 0 Å². The molecule has 0 aliphatic heterocycles. The first-order chi connectivity index (χ1) is 8.06. The van der Waals surface area contributed by atoms with E-state index < -0.39 is 0 Å². The zero-order chi connectivity index (χ0) is 12.4. The van der Waals surface area contributed by atoms with Gasteiger partial charge in [-0.05, 0) is 49.1 Å². The average Bonchev–Trinajstić information content (AvgIpc) is 2.25. The van der Waals surface area contributed by atoms with E-state index in [2.05, 4.69) is 32.0 Å². The van der Waals surface area contributed by atoms with E-state index >= 15 is 0 Å². The molecule has 0 fully saturated rings. The van der Waals surface area contributed by atoms with Gasteiger partial charge in [0, 0.05) is 10.0 Å². The normalized spacial score (nSPS) is 10.6. The number of halogens is 2. The molecule has 0 saturated carbocycles. The molecule has 2 heteroatoms. The Kier molecular flexibility index (Phi) is 3.76. The van der Waals surface area contributed by atoms with Gasteiger partial charge >= 0.3 is 0 Å². The summed E-state index contributed by atoms with van der Waals surface area (Å²) in [6, 6.07) is 12.2. The van der Waals surface area contributed by atoms with Crippen molar-refractivity contribution in [2.24, 2.45) is 0 Å². The van der Waals surface area contributed by atoms with Crippen LogP contribution in [0.2, 0.25) is 10.0 Å². The molecular weight excluding hydrogens is 251 g/mol. The molecule has 2 aromatic carbocycles. The minimum atomic E-state index is 0.680. The summed E-state index contributed by atoms with van der Waals surface area (Å²) in [6.45, 7) is 4.23. The molecule has 0 bridgehead atoms. The minimum Gasteiger partial charge on any atom is -0.0843 e. The quantitative estimate of drug-likeness (QED) is 0.700. The predicted molar refractivity (Wildman–Crippen MR) is 75.2 cm³/mol. The summed E-state index contributed by atoms with van der Waals surface area (Å²) >= 11 is 12.1. The summed E-state index contributed by atoms with van der Waals surface area (Å²) in [5.41, 5.74) is 5.01. The lowest BCUT2D eigenvalue weighted by molar-refractivity contribution is 1.15. The van der Waals surface area contributed by atoms with E-state index in [0.717, 1.165) is 17.0 Å². The van der Waals surface area contributed by atoms with E-state index in [1.807, 2.05) is 12.1 Å². The lowest BCUT2D eigenvalue weighted by atomic mass is 9.99. The highest BCUT2D eigenvalue weighted by Gasteiger charge is 2.05. The Labute approximate surface area is 112 Å². The van der Waals surface area contributed by atoms with Crippen molar-refractivity contribution in [3.8, 4) is 0 Å². The van der Waals surface area contributed by atoms with Crippen LogP contribution in [-0.2, 0) is 6.42 Å². The molecule has 0 heterocycles. The smallest absolute Gasteiger partial charge is 0.0456 e. The van der Waals surface area contributed by atoms with Crippen LogP contribution in [0.15, 0.2) is 36.4 Å². The lowest BCUT2D eigenvalue weighted by Gasteiger charge is -2.08. The van der Waals surface area contributed by atoms with Gasteiger partial charge < -0.3 is 0 Å². The Morgan fingerprint density at radius 2 is 1.59 bits per heavy atom. The highest BCUT2D eigenvalue weighted by Crippen LogP contribution is 2.24. The van der Waals surface area contributed by atoms with Gasteiger partial charge in [-0.25, -0.2) is 0 Å².